The molecule has 2 nitrogen and oxygen atoms in total. The Balaban J connectivity index is 2.67. The van der Waals surface area contributed by atoms with Gasteiger partial charge in [-0.25, -0.2) is 0 Å². The Bertz CT molecular complexity index is 675. The second kappa shape index (κ2) is 5.52. The average Bonchev–Trinajstić information content (AvgIpc) is 2.89. The van der Waals surface area contributed by atoms with Crippen LogP contribution in [0.4, 0.5) is 18.9 Å². The molecule has 2 rings (SSSR count). The molecule has 0 fully saturated rings. The second-order valence-electron chi connectivity index (χ2n) is 4.67. The van der Waals surface area contributed by atoms with Crippen LogP contribution in [-0.2, 0) is 12.6 Å². The van der Waals surface area contributed by atoms with Gasteiger partial charge >= 0.3 is 6.18 Å². The topological polar surface area (TPSA) is 43.1 Å². The molecule has 2 N–H and O–H groups in total. The first-order valence-corrected chi connectivity index (χ1v) is 7.22. The summed E-state index contributed by atoms with van der Waals surface area (Å²) in [4.78, 5) is 12.9. The fourth-order valence-electron chi connectivity index (χ4n) is 2.38. The molecule has 0 unspecified atom stereocenters. The molecule has 1 aromatic carbocycles. The molecule has 2 aromatic rings. The van der Waals surface area contributed by atoms with E-state index in [9.17, 15) is 18.0 Å². The summed E-state index contributed by atoms with van der Waals surface area (Å²) < 4.78 is 39.2. The van der Waals surface area contributed by atoms with Crippen molar-refractivity contribution >= 4 is 22.8 Å². The van der Waals surface area contributed by atoms with Crippen molar-refractivity contribution < 1.29 is 18.0 Å². The number of nitrogens with two attached hydrogens (primary N) is 1. The maximum absolute atomic E-state index is 13.1. The minimum absolute atomic E-state index is 0.0305. The molecule has 112 valence electrons. The van der Waals surface area contributed by atoms with Crippen LogP contribution in [0.3, 0.4) is 0 Å². The number of thiophene rings is 1. The molecule has 0 saturated heterocycles. The number of ketones is 1. The van der Waals surface area contributed by atoms with E-state index in [-0.39, 0.29) is 34.6 Å². The number of benzene rings is 1. The molecular formula is C15H14F3NOS. The highest BCUT2D eigenvalue weighted by molar-refractivity contribution is 7.12. The van der Waals surface area contributed by atoms with E-state index in [1.807, 2.05) is 0 Å². The zero-order valence-electron chi connectivity index (χ0n) is 11.5. The van der Waals surface area contributed by atoms with E-state index in [0.29, 0.717) is 4.88 Å². The van der Waals surface area contributed by atoms with Gasteiger partial charge in [0.15, 0.2) is 0 Å². The molecule has 0 aliphatic rings. The predicted molar refractivity (Wildman–Crippen MR) is 77.7 cm³/mol. The van der Waals surface area contributed by atoms with Crippen molar-refractivity contribution in [1.29, 1.82) is 0 Å². The van der Waals surface area contributed by atoms with Crippen LogP contribution in [0, 0.1) is 6.92 Å². The van der Waals surface area contributed by atoms with Crippen LogP contribution in [0.1, 0.15) is 38.8 Å². The first-order chi connectivity index (χ1) is 9.77. The number of anilines is 1. The van der Waals surface area contributed by atoms with E-state index in [4.69, 9.17) is 5.73 Å². The largest absolute Gasteiger partial charge is 0.418 e. The molecule has 0 spiro atoms. The Morgan fingerprint density at radius 3 is 2.52 bits per heavy atom. The molecular weight excluding hydrogens is 299 g/mol. The summed E-state index contributed by atoms with van der Waals surface area (Å²) in [5.74, 6) is -0.287. The fraction of sp³-hybridized carbons (Fsp3) is 0.267. The molecule has 0 amide bonds. The Morgan fingerprint density at radius 2 is 2.05 bits per heavy atom. The molecule has 0 aliphatic carbocycles. The number of rotatable bonds is 3. The van der Waals surface area contributed by atoms with Gasteiger partial charge in [0, 0.05) is 11.3 Å². The summed E-state index contributed by atoms with van der Waals surface area (Å²) in [5.41, 5.74) is 4.99. The maximum atomic E-state index is 13.1. The Morgan fingerprint density at radius 1 is 1.38 bits per heavy atom. The van der Waals surface area contributed by atoms with E-state index >= 15 is 0 Å². The minimum atomic E-state index is -4.53. The molecule has 0 aliphatic heterocycles. The van der Waals surface area contributed by atoms with Gasteiger partial charge in [-0.3, -0.25) is 4.79 Å². The van der Waals surface area contributed by atoms with Gasteiger partial charge in [-0.2, -0.15) is 13.2 Å². The maximum Gasteiger partial charge on any atom is 0.418 e. The third-order valence-corrected chi connectivity index (χ3v) is 4.17. The third-order valence-electron chi connectivity index (χ3n) is 3.30. The fourth-order valence-corrected chi connectivity index (χ4v) is 3.06. The summed E-state index contributed by atoms with van der Waals surface area (Å²) in [6, 6.07) is 4.67. The van der Waals surface area contributed by atoms with E-state index in [1.54, 1.807) is 24.4 Å². The molecule has 1 aromatic heterocycles. The van der Waals surface area contributed by atoms with Crippen molar-refractivity contribution in [2.24, 2.45) is 0 Å². The summed E-state index contributed by atoms with van der Waals surface area (Å²) in [7, 11) is 0. The predicted octanol–water partition coefficient (Wildman–Crippen LogP) is 4.45. The lowest BCUT2D eigenvalue weighted by atomic mass is 9.92. The van der Waals surface area contributed by atoms with Crippen LogP contribution < -0.4 is 5.73 Å². The quantitative estimate of drug-likeness (QED) is 0.672. The monoisotopic (exact) mass is 313 g/mol. The number of nitrogen functional groups attached to an aromatic ring is 1. The van der Waals surface area contributed by atoms with Crippen LogP contribution in [0.15, 0.2) is 23.6 Å². The molecule has 0 atom stereocenters. The zero-order chi connectivity index (χ0) is 15.8. The van der Waals surface area contributed by atoms with Crippen molar-refractivity contribution in [3.63, 3.8) is 0 Å². The third kappa shape index (κ3) is 2.81. The lowest BCUT2D eigenvalue weighted by Gasteiger charge is -2.18. The highest BCUT2D eigenvalue weighted by atomic mass is 32.1. The van der Waals surface area contributed by atoms with Crippen LogP contribution in [0.2, 0.25) is 0 Å². The number of alkyl halides is 3. The molecule has 6 heteroatoms. The smallest absolute Gasteiger partial charge is 0.398 e. The van der Waals surface area contributed by atoms with E-state index in [1.165, 1.54) is 24.3 Å². The zero-order valence-corrected chi connectivity index (χ0v) is 12.4. The number of carbonyl (C=O) groups excluding carboxylic acids is 1. The molecule has 0 saturated carbocycles. The normalized spacial score (nSPS) is 11.7. The van der Waals surface area contributed by atoms with Crippen molar-refractivity contribution in [3.05, 3.63) is 50.7 Å². The minimum Gasteiger partial charge on any atom is -0.398 e. The van der Waals surface area contributed by atoms with Crippen LogP contribution in [-0.4, -0.2) is 5.78 Å². The van der Waals surface area contributed by atoms with Crippen LogP contribution in [0.25, 0.3) is 0 Å². The van der Waals surface area contributed by atoms with Crippen molar-refractivity contribution in [2.75, 3.05) is 5.73 Å². The summed E-state index contributed by atoms with van der Waals surface area (Å²) in [6.07, 6.45) is -4.26. The highest BCUT2D eigenvalue weighted by Gasteiger charge is 2.36. The van der Waals surface area contributed by atoms with E-state index in [2.05, 4.69) is 0 Å². The number of aryl methyl sites for hydroxylation is 1. The second-order valence-corrected chi connectivity index (χ2v) is 5.61. The van der Waals surface area contributed by atoms with Gasteiger partial charge in [0.25, 0.3) is 0 Å². The van der Waals surface area contributed by atoms with Crippen molar-refractivity contribution in [2.45, 2.75) is 26.4 Å². The lowest BCUT2D eigenvalue weighted by molar-refractivity contribution is -0.137. The Labute approximate surface area is 124 Å². The molecule has 0 bridgehead atoms. The van der Waals surface area contributed by atoms with Crippen molar-refractivity contribution in [3.8, 4) is 0 Å². The number of carbonyl (C=O) groups is 1. The number of hydrogen-bond acceptors (Lipinski definition) is 3. The first kappa shape index (κ1) is 15.6. The highest BCUT2D eigenvalue weighted by Crippen LogP contribution is 2.39. The van der Waals surface area contributed by atoms with Gasteiger partial charge in [-0.05, 0) is 42.0 Å². The van der Waals surface area contributed by atoms with E-state index < -0.39 is 11.7 Å². The van der Waals surface area contributed by atoms with Gasteiger partial charge in [0.05, 0.1) is 10.4 Å². The number of halogens is 3. The molecule has 21 heavy (non-hydrogen) atoms. The number of hydrogen-bond donors (Lipinski definition) is 1. The molecule has 1 heterocycles. The Hall–Kier alpha value is -1.82. The van der Waals surface area contributed by atoms with Gasteiger partial charge in [-0.15, -0.1) is 11.3 Å². The SMILES string of the molecule is CCc1c(C(=O)c2cccs2)cc(C)c(C(F)(F)F)c1N. The van der Waals surface area contributed by atoms with Gasteiger partial charge < -0.3 is 5.73 Å². The first-order valence-electron chi connectivity index (χ1n) is 6.34. The standard InChI is InChI=1S/C15H14F3NOS/c1-3-9-10(14(20)11-5-4-6-21-11)7-8(2)12(13(9)19)15(16,17)18/h4-7H,3,19H2,1-2H3. The Kier molecular flexibility index (Phi) is 4.09. The summed E-state index contributed by atoms with van der Waals surface area (Å²) in [6.45, 7) is 3.01. The summed E-state index contributed by atoms with van der Waals surface area (Å²) in [5, 5.41) is 1.75. The van der Waals surface area contributed by atoms with Crippen LogP contribution >= 0.6 is 11.3 Å². The summed E-state index contributed by atoms with van der Waals surface area (Å²) >= 11 is 1.25. The van der Waals surface area contributed by atoms with E-state index in [0.717, 1.165) is 0 Å². The lowest BCUT2D eigenvalue weighted by Crippen LogP contribution is -2.16. The van der Waals surface area contributed by atoms with Gasteiger partial charge in [0.2, 0.25) is 5.78 Å². The van der Waals surface area contributed by atoms with Crippen LogP contribution in [0.5, 0.6) is 0 Å². The van der Waals surface area contributed by atoms with Gasteiger partial charge in [0.1, 0.15) is 0 Å². The molecule has 0 radical (unpaired) electrons. The van der Waals surface area contributed by atoms with Gasteiger partial charge in [-0.1, -0.05) is 13.0 Å². The van der Waals surface area contributed by atoms with Crippen molar-refractivity contribution in [1.82, 2.24) is 0 Å². The average molecular weight is 313 g/mol.